The fraction of sp³-hybridized carbons (Fsp3) is 0.227. The zero-order valence-electron chi connectivity index (χ0n) is 16.7. The second-order valence-electron chi connectivity index (χ2n) is 6.31. The van der Waals surface area contributed by atoms with Crippen molar-refractivity contribution in [1.29, 1.82) is 0 Å². The number of fused-ring (bicyclic) bond motifs is 1. The van der Waals surface area contributed by atoms with Gasteiger partial charge < -0.3 is 23.9 Å². The zero-order chi connectivity index (χ0) is 22.2. The Morgan fingerprint density at radius 1 is 1.06 bits per heavy atom. The maximum absolute atomic E-state index is 12.2. The van der Waals surface area contributed by atoms with Crippen LogP contribution in [0.15, 0.2) is 57.4 Å². The Balaban J connectivity index is 1.57. The van der Waals surface area contributed by atoms with Crippen molar-refractivity contribution in [3.8, 4) is 5.75 Å². The first-order valence-corrected chi connectivity index (χ1v) is 10.3. The highest BCUT2D eigenvalue weighted by molar-refractivity contribution is 9.10. The number of benzene rings is 2. The zero-order valence-corrected chi connectivity index (χ0v) is 18.3. The Hall–Kier alpha value is -3.33. The van der Waals surface area contributed by atoms with Gasteiger partial charge in [-0.05, 0) is 37.3 Å². The predicted molar refractivity (Wildman–Crippen MR) is 115 cm³/mol. The topological polar surface area (TPSA) is 104 Å². The summed E-state index contributed by atoms with van der Waals surface area (Å²) in [5.41, 5.74) is 0.852. The molecule has 0 aliphatic heterocycles. The molecular formula is C22H20BrNO7. The van der Waals surface area contributed by atoms with Crippen LogP contribution in [0.2, 0.25) is 0 Å². The van der Waals surface area contributed by atoms with Gasteiger partial charge in [0.25, 0.3) is 5.91 Å². The van der Waals surface area contributed by atoms with Crippen LogP contribution in [0.3, 0.4) is 0 Å². The lowest BCUT2D eigenvalue weighted by molar-refractivity contribution is -0.145. The van der Waals surface area contributed by atoms with E-state index >= 15 is 0 Å². The highest BCUT2D eigenvalue weighted by atomic mass is 79.9. The van der Waals surface area contributed by atoms with E-state index in [0.717, 1.165) is 4.47 Å². The molecule has 0 atom stereocenters. The summed E-state index contributed by atoms with van der Waals surface area (Å²) in [7, 11) is 0. The van der Waals surface area contributed by atoms with Crippen LogP contribution in [-0.4, -0.2) is 37.6 Å². The van der Waals surface area contributed by atoms with Gasteiger partial charge in [0, 0.05) is 9.86 Å². The molecule has 0 unspecified atom stereocenters. The van der Waals surface area contributed by atoms with Crippen LogP contribution >= 0.6 is 15.9 Å². The van der Waals surface area contributed by atoms with E-state index in [9.17, 15) is 14.4 Å². The van der Waals surface area contributed by atoms with Gasteiger partial charge in [0.2, 0.25) is 5.76 Å². The molecule has 0 saturated heterocycles. The Kier molecular flexibility index (Phi) is 7.66. The highest BCUT2D eigenvalue weighted by Gasteiger charge is 2.23. The van der Waals surface area contributed by atoms with Crippen molar-refractivity contribution in [3.05, 3.63) is 64.3 Å². The predicted octanol–water partition coefficient (Wildman–Crippen LogP) is 3.61. The Bertz CT molecular complexity index is 1080. The maximum Gasteiger partial charge on any atom is 0.374 e. The minimum Gasteiger partial charge on any atom is -0.484 e. The fourth-order valence-electron chi connectivity index (χ4n) is 2.72. The molecule has 0 bridgehead atoms. The molecule has 0 aliphatic carbocycles. The van der Waals surface area contributed by atoms with Gasteiger partial charge in [-0.3, -0.25) is 9.59 Å². The van der Waals surface area contributed by atoms with Crippen molar-refractivity contribution in [2.24, 2.45) is 0 Å². The fourth-order valence-corrected chi connectivity index (χ4v) is 3.08. The van der Waals surface area contributed by atoms with Gasteiger partial charge in [-0.1, -0.05) is 34.1 Å². The van der Waals surface area contributed by atoms with Crippen LogP contribution in [0.25, 0.3) is 11.0 Å². The van der Waals surface area contributed by atoms with Crippen LogP contribution in [-0.2, 0) is 25.7 Å². The molecule has 31 heavy (non-hydrogen) atoms. The van der Waals surface area contributed by atoms with Gasteiger partial charge >= 0.3 is 11.9 Å². The van der Waals surface area contributed by atoms with Gasteiger partial charge in [0.1, 0.15) is 24.5 Å². The van der Waals surface area contributed by atoms with E-state index in [0.29, 0.717) is 22.3 Å². The smallest absolute Gasteiger partial charge is 0.374 e. The largest absolute Gasteiger partial charge is 0.484 e. The second kappa shape index (κ2) is 10.6. The number of carbonyl (C=O) groups is 3. The van der Waals surface area contributed by atoms with E-state index in [2.05, 4.69) is 21.2 Å². The van der Waals surface area contributed by atoms with Gasteiger partial charge in [0.05, 0.1) is 12.2 Å². The average Bonchev–Trinajstić information content (AvgIpc) is 3.13. The molecule has 0 saturated carbocycles. The number of amides is 1. The molecule has 1 amide bonds. The number of para-hydroxylation sites is 1. The molecule has 1 N–H and O–H groups in total. The lowest BCUT2D eigenvalue weighted by atomic mass is 10.1. The monoisotopic (exact) mass is 489 g/mol. The Morgan fingerprint density at radius 3 is 2.58 bits per heavy atom. The van der Waals surface area contributed by atoms with E-state index < -0.39 is 17.8 Å². The van der Waals surface area contributed by atoms with Gasteiger partial charge in [-0.15, -0.1) is 0 Å². The first-order chi connectivity index (χ1) is 15.0. The van der Waals surface area contributed by atoms with Crippen molar-refractivity contribution in [3.63, 3.8) is 0 Å². The van der Waals surface area contributed by atoms with Crippen molar-refractivity contribution < 1.29 is 33.0 Å². The number of hydrogen-bond acceptors (Lipinski definition) is 7. The van der Waals surface area contributed by atoms with Crippen molar-refractivity contribution in [2.45, 2.75) is 13.5 Å². The minimum absolute atomic E-state index is 0.0250. The van der Waals surface area contributed by atoms with E-state index in [-0.39, 0.29) is 32.1 Å². The summed E-state index contributed by atoms with van der Waals surface area (Å²) in [6.07, 6.45) is 0. The summed E-state index contributed by atoms with van der Waals surface area (Å²) in [6, 6.07) is 14.1. The van der Waals surface area contributed by atoms with Gasteiger partial charge in [-0.25, -0.2) is 4.79 Å². The Labute approximate surface area is 186 Å². The van der Waals surface area contributed by atoms with Crippen molar-refractivity contribution in [1.82, 2.24) is 5.32 Å². The molecule has 3 aromatic rings. The minimum atomic E-state index is -0.674. The van der Waals surface area contributed by atoms with Gasteiger partial charge in [0.15, 0.2) is 6.61 Å². The summed E-state index contributed by atoms with van der Waals surface area (Å²) in [5, 5.41) is 3.04. The molecule has 1 aromatic heterocycles. The third kappa shape index (κ3) is 6.08. The van der Waals surface area contributed by atoms with E-state index in [1.54, 1.807) is 49.4 Å². The maximum atomic E-state index is 12.2. The van der Waals surface area contributed by atoms with Crippen LogP contribution in [0, 0.1) is 0 Å². The number of ether oxygens (including phenoxy) is 3. The van der Waals surface area contributed by atoms with Crippen molar-refractivity contribution in [2.75, 3.05) is 19.8 Å². The van der Waals surface area contributed by atoms with Crippen LogP contribution in [0.1, 0.15) is 23.0 Å². The number of rotatable bonds is 9. The van der Waals surface area contributed by atoms with E-state index in [4.69, 9.17) is 18.6 Å². The summed E-state index contributed by atoms with van der Waals surface area (Å²) in [5.74, 6) is -1.27. The lowest BCUT2D eigenvalue weighted by Gasteiger charge is -2.08. The van der Waals surface area contributed by atoms with Crippen LogP contribution < -0.4 is 10.1 Å². The van der Waals surface area contributed by atoms with Crippen LogP contribution in [0.4, 0.5) is 0 Å². The molecule has 3 rings (SSSR count). The third-order valence-electron chi connectivity index (χ3n) is 4.13. The Morgan fingerprint density at radius 2 is 1.84 bits per heavy atom. The molecule has 2 aromatic carbocycles. The van der Waals surface area contributed by atoms with Gasteiger partial charge in [-0.2, -0.15) is 0 Å². The number of halogens is 1. The standard InChI is InChI=1S/C22H20BrNO7/c1-2-28-22(27)21-17(16-10-14(23)8-9-18(16)31-21)12-30-20(26)11-24-19(25)13-29-15-6-4-3-5-7-15/h3-10H,2,11-13H2,1H3,(H,24,25). The summed E-state index contributed by atoms with van der Waals surface area (Å²) in [4.78, 5) is 36.2. The molecular weight excluding hydrogens is 470 g/mol. The molecule has 0 aliphatic rings. The van der Waals surface area contributed by atoms with Crippen LogP contribution in [0.5, 0.6) is 5.75 Å². The first kappa shape index (κ1) is 22.4. The number of nitrogens with one attached hydrogen (secondary N) is 1. The molecule has 0 fully saturated rings. The molecule has 8 nitrogen and oxygen atoms in total. The molecule has 1 heterocycles. The normalized spacial score (nSPS) is 10.5. The molecule has 9 heteroatoms. The lowest BCUT2D eigenvalue weighted by Crippen LogP contribution is -2.34. The second-order valence-corrected chi connectivity index (χ2v) is 7.23. The third-order valence-corrected chi connectivity index (χ3v) is 4.63. The quantitative estimate of drug-likeness (QED) is 0.457. The molecule has 162 valence electrons. The van der Waals surface area contributed by atoms with E-state index in [1.165, 1.54) is 0 Å². The highest BCUT2D eigenvalue weighted by Crippen LogP contribution is 2.30. The number of furan rings is 1. The summed E-state index contributed by atoms with van der Waals surface area (Å²) in [6.45, 7) is 1.07. The molecule has 0 spiro atoms. The number of hydrogen-bond donors (Lipinski definition) is 1. The first-order valence-electron chi connectivity index (χ1n) is 9.46. The number of esters is 2. The van der Waals surface area contributed by atoms with E-state index in [1.807, 2.05) is 6.07 Å². The summed E-state index contributed by atoms with van der Waals surface area (Å²) < 4.78 is 21.9. The SMILES string of the molecule is CCOC(=O)c1oc2ccc(Br)cc2c1COC(=O)CNC(=O)COc1ccccc1. The van der Waals surface area contributed by atoms with Crippen molar-refractivity contribution >= 4 is 44.7 Å². The average molecular weight is 490 g/mol. The number of carbonyl (C=O) groups excluding carboxylic acids is 3. The molecule has 0 radical (unpaired) electrons. The summed E-state index contributed by atoms with van der Waals surface area (Å²) >= 11 is 3.37.